The predicted molar refractivity (Wildman–Crippen MR) is 82.4 cm³/mol. The fraction of sp³-hybridized carbons (Fsp3) is 0.312. The van der Waals surface area contributed by atoms with Crippen molar-refractivity contribution in [1.82, 2.24) is 5.48 Å². The Kier molecular flexibility index (Phi) is 4.63. The third-order valence-electron chi connectivity index (χ3n) is 2.98. The molecule has 3 nitrogen and oxygen atoms in total. The van der Waals surface area contributed by atoms with Crippen LogP contribution in [-0.4, -0.2) is 12.3 Å². The van der Waals surface area contributed by atoms with Crippen LogP contribution < -0.4 is 10.3 Å². The summed E-state index contributed by atoms with van der Waals surface area (Å²) in [6, 6.07) is 9.49. The van der Waals surface area contributed by atoms with E-state index in [1.54, 1.807) is 0 Å². The van der Waals surface area contributed by atoms with Crippen molar-refractivity contribution >= 4 is 28.2 Å². The third-order valence-corrected chi connectivity index (χ3v) is 3.35. The molecule has 0 radical (unpaired) electrons. The number of ketones is 1. The lowest BCUT2D eigenvalue weighted by molar-refractivity contribution is 0.101. The summed E-state index contributed by atoms with van der Waals surface area (Å²) in [6.07, 6.45) is 0. The largest absolute Gasteiger partial charge is 0.407 e. The van der Waals surface area contributed by atoms with E-state index in [0.717, 1.165) is 10.8 Å². The van der Waals surface area contributed by atoms with Gasteiger partial charge in [0.1, 0.15) is 0 Å². The van der Waals surface area contributed by atoms with Gasteiger partial charge in [0.15, 0.2) is 11.5 Å². The first kappa shape index (κ1) is 14.8. The van der Waals surface area contributed by atoms with Crippen LogP contribution >= 0.6 is 11.6 Å². The molecule has 0 aliphatic rings. The van der Waals surface area contributed by atoms with Crippen molar-refractivity contribution in [3.8, 4) is 5.75 Å². The Balaban J connectivity index is 2.45. The molecule has 0 unspecified atom stereocenters. The van der Waals surface area contributed by atoms with Gasteiger partial charge in [-0.25, -0.2) is 0 Å². The van der Waals surface area contributed by atoms with Crippen LogP contribution in [0.25, 0.3) is 10.8 Å². The molecule has 20 heavy (non-hydrogen) atoms. The molecule has 0 spiro atoms. The molecule has 2 aromatic carbocycles. The quantitative estimate of drug-likeness (QED) is 0.661. The summed E-state index contributed by atoms with van der Waals surface area (Å²) >= 11 is 6.31. The van der Waals surface area contributed by atoms with E-state index in [2.05, 4.69) is 19.3 Å². The number of nitrogens with one attached hydrogen (secondary N) is 1. The van der Waals surface area contributed by atoms with E-state index < -0.39 is 0 Å². The predicted octanol–water partition coefficient (Wildman–Crippen LogP) is 4.24. The molecule has 0 aliphatic heterocycles. The maximum atomic E-state index is 11.9. The Bertz CT molecular complexity index is 638. The average molecular weight is 292 g/mol. The second-order valence-corrected chi connectivity index (χ2v) is 5.56. The molecule has 0 heterocycles. The van der Waals surface area contributed by atoms with Crippen LogP contribution in [0.3, 0.4) is 0 Å². The summed E-state index contributed by atoms with van der Waals surface area (Å²) in [4.78, 5) is 17.4. The van der Waals surface area contributed by atoms with Crippen molar-refractivity contribution in [1.29, 1.82) is 0 Å². The summed E-state index contributed by atoms with van der Waals surface area (Å²) in [5.41, 5.74) is 3.38. The maximum Gasteiger partial charge on any atom is 0.167 e. The van der Waals surface area contributed by atoms with Gasteiger partial charge in [0, 0.05) is 12.1 Å². The number of carbonyl (C=O) groups excluding carboxylic acids is 1. The minimum atomic E-state index is -0.0690. The van der Waals surface area contributed by atoms with Gasteiger partial charge < -0.3 is 4.84 Å². The van der Waals surface area contributed by atoms with Gasteiger partial charge in [-0.2, -0.15) is 5.48 Å². The van der Waals surface area contributed by atoms with Gasteiger partial charge in [-0.15, -0.1) is 0 Å². The lowest BCUT2D eigenvalue weighted by Gasteiger charge is -2.14. The van der Waals surface area contributed by atoms with Crippen LogP contribution in [0.5, 0.6) is 5.75 Å². The zero-order valence-corrected chi connectivity index (χ0v) is 12.6. The van der Waals surface area contributed by atoms with Crippen LogP contribution in [0.1, 0.15) is 31.1 Å². The Morgan fingerprint density at radius 3 is 2.70 bits per heavy atom. The van der Waals surface area contributed by atoms with Crippen molar-refractivity contribution < 1.29 is 9.63 Å². The minimum Gasteiger partial charge on any atom is -0.407 e. The van der Waals surface area contributed by atoms with Gasteiger partial charge in [0.2, 0.25) is 0 Å². The summed E-state index contributed by atoms with van der Waals surface area (Å²) in [5.74, 6) is 0.873. The van der Waals surface area contributed by atoms with Gasteiger partial charge in [0.05, 0.1) is 5.02 Å². The highest BCUT2D eigenvalue weighted by Gasteiger charge is 2.16. The first-order valence-electron chi connectivity index (χ1n) is 6.62. The van der Waals surface area contributed by atoms with E-state index in [1.165, 1.54) is 6.92 Å². The third kappa shape index (κ3) is 3.11. The number of rotatable bonds is 5. The maximum absolute atomic E-state index is 11.9. The molecule has 0 atom stereocenters. The van der Waals surface area contributed by atoms with Gasteiger partial charge >= 0.3 is 0 Å². The number of benzene rings is 2. The number of halogens is 1. The van der Waals surface area contributed by atoms with E-state index in [4.69, 9.17) is 16.4 Å². The Morgan fingerprint density at radius 2 is 2.05 bits per heavy atom. The number of hydrogen-bond acceptors (Lipinski definition) is 3. The zero-order chi connectivity index (χ0) is 14.7. The first-order valence-corrected chi connectivity index (χ1v) is 7.00. The first-order chi connectivity index (χ1) is 9.50. The van der Waals surface area contributed by atoms with Crippen molar-refractivity contribution in [2.24, 2.45) is 5.92 Å². The number of hydrogen-bond donors (Lipinski definition) is 1. The molecule has 2 rings (SSSR count). The van der Waals surface area contributed by atoms with Crippen molar-refractivity contribution in [2.75, 3.05) is 6.54 Å². The van der Waals surface area contributed by atoms with Crippen molar-refractivity contribution in [3.63, 3.8) is 0 Å². The van der Waals surface area contributed by atoms with Gasteiger partial charge in [-0.3, -0.25) is 4.79 Å². The molecule has 0 aromatic heterocycles. The second kappa shape index (κ2) is 6.25. The van der Waals surface area contributed by atoms with Crippen molar-refractivity contribution in [2.45, 2.75) is 20.8 Å². The van der Waals surface area contributed by atoms with Gasteiger partial charge in [-0.05, 0) is 29.7 Å². The SMILES string of the molecule is CC(=O)c1c(Cl)c(ONCC(C)C)cc2ccccc12. The number of hydroxylamine groups is 1. The minimum absolute atomic E-state index is 0.0690. The highest BCUT2D eigenvalue weighted by Crippen LogP contribution is 2.35. The molecule has 0 bridgehead atoms. The molecule has 106 valence electrons. The molecule has 0 saturated carbocycles. The summed E-state index contributed by atoms with van der Waals surface area (Å²) in [7, 11) is 0. The van der Waals surface area contributed by atoms with Gasteiger partial charge in [-0.1, -0.05) is 49.7 Å². The fourth-order valence-electron chi connectivity index (χ4n) is 2.00. The number of carbonyl (C=O) groups is 1. The van der Waals surface area contributed by atoms with Crippen LogP contribution in [0, 0.1) is 5.92 Å². The fourth-order valence-corrected chi connectivity index (χ4v) is 2.33. The summed E-state index contributed by atoms with van der Waals surface area (Å²) in [5, 5.41) is 2.14. The lowest BCUT2D eigenvalue weighted by atomic mass is 10.0. The highest BCUT2D eigenvalue weighted by molar-refractivity contribution is 6.37. The molecule has 0 amide bonds. The normalized spacial score (nSPS) is 11.1. The summed E-state index contributed by atoms with van der Waals surface area (Å²) < 4.78 is 0. The molecular formula is C16H18ClNO2. The van der Waals surface area contributed by atoms with Crippen LogP contribution in [0.15, 0.2) is 30.3 Å². The molecule has 1 N–H and O–H groups in total. The van der Waals surface area contributed by atoms with E-state index >= 15 is 0 Å². The second-order valence-electron chi connectivity index (χ2n) is 5.19. The molecule has 0 saturated heterocycles. The Labute approximate surface area is 123 Å². The average Bonchev–Trinajstić information content (AvgIpc) is 2.38. The van der Waals surface area contributed by atoms with E-state index in [-0.39, 0.29) is 5.78 Å². The molecule has 2 aromatic rings. The zero-order valence-electron chi connectivity index (χ0n) is 11.9. The molecule has 0 fully saturated rings. The van der Waals surface area contributed by atoms with Crippen LogP contribution in [0.2, 0.25) is 5.02 Å². The van der Waals surface area contributed by atoms with E-state index in [9.17, 15) is 4.79 Å². The van der Waals surface area contributed by atoms with Gasteiger partial charge in [0.25, 0.3) is 0 Å². The topological polar surface area (TPSA) is 38.3 Å². The highest BCUT2D eigenvalue weighted by atomic mass is 35.5. The number of Topliss-reactive ketones (excluding diaryl/α,β-unsaturated/α-hetero) is 1. The Hall–Kier alpha value is -1.58. The standard InChI is InChI=1S/C16H18ClNO2/c1-10(2)9-18-20-14-8-12-6-4-5-7-13(12)15(11(3)19)16(14)17/h4-8,10,18H,9H2,1-3H3. The monoisotopic (exact) mass is 291 g/mol. The van der Waals surface area contributed by atoms with Crippen LogP contribution in [0.4, 0.5) is 0 Å². The lowest BCUT2D eigenvalue weighted by Crippen LogP contribution is -2.23. The molecule has 4 heteroatoms. The molecule has 0 aliphatic carbocycles. The summed E-state index contributed by atoms with van der Waals surface area (Å²) in [6.45, 7) is 6.39. The molecular weight excluding hydrogens is 274 g/mol. The van der Waals surface area contributed by atoms with Crippen molar-refractivity contribution in [3.05, 3.63) is 40.9 Å². The smallest absolute Gasteiger partial charge is 0.167 e. The van der Waals surface area contributed by atoms with E-state index in [0.29, 0.717) is 28.8 Å². The van der Waals surface area contributed by atoms with Crippen LogP contribution in [-0.2, 0) is 0 Å². The number of fused-ring (bicyclic) bond motifs is 1. The Morgan fingerprint density at radius 1 is 1.35 bits per heavy atom. The van der Waals surface area contributed by atoms with E-state index in [1.807, 2.05) is 30.3 Å².